The highest BCUT2D eigenvalue weighted by molar-refractivity contribution is 6.31. The molecule has 1 aromatic rings. The van der Waals surface area contributed by atoms with Crippen molar-refractivity contribution in [2.24, 2.45) is 5.73 Å². The summed E-state index contributed by atoms with van der Waals surface area (Å²) >= 11 is 5.41. The highest BCUT2D eigenvalue weighted by atomic mass is 35.5. The van der Waals surface area contributed by atoms with Crippen molar-refractivity contribution in [3.63, 3.8) is 0 Å². The Bertz CT molecular complexity index is 320. The minimum Gasteiger partial charge on any atom is -0.316 e. The first kappa shape index (κ1) is 14.5. The Labute approximate surface area is 94.6 Å². The number of rotatable bonds is 1. The fraction of sp³-hybridized carbons (Fsp3) is 0.250. The number of benzene rings is 1. The lowest BCUT2D eigenvalue weighted by Crippen LogP contribution is -2.29. The average molecular weight is 264 g/mol. The summed E-state index contributed by atoms with van der Waals surface area (Å²) in [6, 6.07) is 0.860. The third kappa shape index (κ3) is 3.22. The molecule has 0 fully saturated rings. The van der Waals surface area contributed by atoms with Gasteiger partial charge in [0.2, 0.25) is 0 Å². The fourth-order valence-electron chi connectivity index (χ4n) is 0.971. The maximum Gasteiger partial charge on any atom is 0.407 e. The summed E-state index contributed by atoms with van der Waals surface area (Å²) in [4.78, 5) is 0. The molecule has 0 bridgehead atoms. The quantitative estimate of drug-likeness (QED) is 0.772. The number of nitrogens with two attached hydrogens (primary N) is 1. The molecule has 0 aliphatic carbocycles. The molecule has 0 saturated heterocycles. The van der Waals surface area contributed by atoms with E-state index in [0.717, 1.165) is 12.1 Å². The molecule has 1 atom stereocenters. The zero-order valence-electron chi connectivity index (χ0n) is 7.18. The molecule has 1 aromatic carbocycles. The monoisotopic (exact) mass is 263 g/mol. The first-order valence-corrected chi connectivity index (χ1v) is 3.98. The van der Waals surface area contributed by atoms with E-state index in [1.807, 2.05) is 0 Å². The zero-order valence-corrected chi connectivity index (χ0v) is 8.76. The molecule has 7 heteroatoms. The van der Waals surface area contributed by atoms with Crippen LogP contribution in [-0.2, 0) is 0 Å². The van der Waals surface area contributed by atoms with Crippen LogP contribution in [0.1, 0.15) is 11.6 Å². The van der Waals surface area contributed by atoms with Crippen molar-refractivity contribution in [3.8, 4) is 0 Å². The molecule has 0 amide bonds. The number of alkyl halides is 3. The molecule has 1 nitrogen and oxygen atoms in total. The molecular weight excluding hydrogens is 257 g/mol. The van der Waals surface area contributed by atoms with Crippen LogP contribution in [0, 0.1) is 5.82 Å². The topological polar surface area (TPSA) is 26.0 Å². The van der Waals surface area contributed by atoms with Crippen molar-refractivity contribution in [2.75, 3.05) is 0 Å². The van der Waals surface area contributed by atoms with Crippen molar-refractivity contribution in [1.82, 2.24) is 0 Å². The van der Waals surface area contributed by atoms with Gasteiger partial charge in [0.1, 0.15) is 11.9 Å². The Morgan fingerprint density at radius 1 is 1.27 bits per heavy atom. The van der Waals surface area contributed by atoms with Gasteiger partial charge in [-0.3, -0.25) is 0 Å². The van der Waals surface area contributed by atoms with E-state index in [1.165, 1.54) is 6.07 Å². The Kier molecular flexibility index (Phi) is 4.83. The van der Waals surface area contributed by atoms with Crippen molar-refractivity contribution < 1.29 is 17.6 Å². The fourth-order valence-corrected chi connectivity index (χ4v) is 1.25. The summed E-state index contributed by atoms with van der Waals surface area (Å²) in [5.41, 5.74) is 4.10. The second-order valence-electron chi connectivity index (χ2n) is 2.65. The Balaban J connectivity index is 0.00000196. The van der Waals surface area contributed by atoms with E-state index in [-0.39, 0.29) is 17.4 Å². The number of hydrogen-bond donors (Lipinski definition) is 1. The van der Waals surface area contributed by atoms with Gasteiger partial charge >= 0.3 is 6.18 Å². The van der Waals surface area contributed by atoms with Gasteiger partial charge in [-0.25, -0.2) is 4.39 Å². The minimum atomic E-state index is -4.70. The third-order valence-electron chi connectivity index (χ3n) is 1.66. The molecule has 15 heavy (non-hydrogen) atoms. The van der Waals surface area contributed by atoms with Crippen LogP contribution >= 0.6 is 24.0 Å². The van der Waals surface area contributed by atoms with Gasteiger partial charge in [0.05, 0.1) is 0 Å². The van der Waals surface area contributed by atoms with Gasteiger partial charge in [-0.15, -0.1) is 12.4 Å². The van der Waals surface area contributed by atoms with Crippen LogP contribution in [0.2, 0.25) is 5.02 Å². The van der Waals surface area contributed by atoms with E-state index in [1.54, 1.807) is 0 Å². The van der Waals surface area contributed by atoms with Gasteiger partial charge in [0.25, 0.3) is 0 Å². The molecule has 2 N–H and O–H groups in total. The molecule has 0 aliphatic heterocycles. The van der Waals surface area contributed by atoms with E-state index < -0.39 is 23.6 Å². The summed E-state index contributed by atoms with van der Waals surface area (Å²) in [7, 11) is 0. The number of halogens is 6. The van der Waals surface area contributed by atoms with E-state index in [4.69, 9.17) is 17.3 Å². The molecule has 0 spiro atoms. The standard InChI is InChI=1S/C8H6ClF4N.ClH/c9-4-2-1-3-5(10)6(4)7(14)8(11,12)13;/h1-3,7H,14H2;1H/t7-;/m0./s1. The maximum absolute atomic E-state index is 13.0. The highest BCUT2D eigenvalue weighted by Gasteiger charge is 2.40. The second kappa shape index (κ2) is 5.01. The van der Waals surface area contributed by atoms with Crippen molar-refractivity contribution in [3.05, 3.63) is 34.6 Å². The Hall–Kier alpha value is -0.520. The molecule has 0 aromatic heterocycles. The van der Waals surface area contributed by atoms with Gasteiger partial charge in [-0.2, -0.15) is 13.2 Å². The summed E-state index contributed by atoms with van der Waals surface area (Å²) < 4.78 is 49.4. The molecule has 0 saturated carbocycles. The van der Waals surface area contributed by atoms with E-state index in [2.05, 4.69) is 0 Å². The predicted molar refractivity (Wildman–Crippen MR) is 51.6 cm³/mol. The molecule has 0 heterocycles. The first-order valence-electron chi connectivity index (χ1n) is 3.60. The zero-order chi connectivity index (χ0) is 10.9. The molecular formula is C8H7Cl2F4N. The largest absolute Gasteiger partial charge is 0.407 e. The summed E-state index contributed by atoms with van der Waals surface area (Å²) in [5, 5.41) is -0.324. The van der Waals surface area contributed by atoms with Crippen LogP contribution in [0.15, 0.2) is 18.2 Å². The first-order chi connectivity index (χ1) is 6.34. The summed E-state index contributed by atoms with van der Waals surface area (Å²) in [5.74, 6) is -1.05. The molecule has 86 valence electrons. The smallest absolute Gasteiger partial charge is 0.316 e. The van der Waals surface area contributed by atoms with Crippen molar-refractivity contribution >= 4 is 24.0 Å². The van der Waals surface area contributed by atoms with Gasteiger partial charge in [0.15, 0.2) is 0 Å². The van der Waals surface area contributed by atoms with Crippen LogP contribution in [-0.4, -0.2) is 6.18 Å². The lowest BCUT2D eigenvalue weighted by atomic mass is 10.1. The highest BCUT2D eigenvalue weighted by Crippen LogP contribution is 2.35. The molecule has 0 radical (unpaired) electrons. The third-order valence-corrected chi connectivity index (χ3v) is 1.99. The van der Waals surface area contributed by atoms with Crippen LogP contribution in [0.25, 0.3) is 0 Å². The number of hydrogen-bond acceptors (Lipinski definition) is 1. The van der Waals surface area contributed by atoms with Gasteiger partial charge in [0, 0.05) is 10.6 Å². The predicted octanol–water partition coefficient (Wildman–Crippen LogP) is 3.46. The van der Waals surface area contributed by atoms with Crippen molar-refractivity contribution in [2.45, 2.75) is 12.2 Å². The SMILES string of the molecule is Cl.N[C@@H](c1c(F)cccc1Cl)C(F)(F)F. The summed E-state index contributed by atoms with van der Waals surface area (Å²) in [6.45, 7) is 0. The van der Waals surface area contributed by atoms with Gasteiger partial charge < -0.3 is 5.73 Å². The van der Waals surface area contributed by atoms with Crippen molar-refractivity contribution in [1.29, 1.82) is 0 Å². The van der Waals surface area contributed by atoms with Crippen LogP contribution in [0.3, 0.4) is 0 Å². The lowest BCUT2D eigenvalue weighted by Gasteiger charge is -2.17. The Morgan fingerprint density at radius 2 is 1.80 bits per heavy atom. The Morgan fingerprint density at radius 3 is 2.20 bits per heavy atom. The minimum absolute atomic E-state index is 0. The lowest BCUT2D eigenvalue weighted by molar-refractivity contribution is -0.149. The van der Waals surface area contributed by atoms with Crippen LogP contribution < -0.4 is 5.73 Å². The molecule has 1 rings (SSSR count). The van der Waals surface area contributed by atoms with Gasteiger partial charge in [-0.05, 0) is 12.1 Å². The average Bonchev–Trinajstić information content (AvgIpc) is 2.01. The van der Waals surface area contributed by atoms with Gasteiger partial charge in [-0.1, -0.05) is 17.7 Å². The van der Waals surface area contributed by atoms with E-state index in [0.29, 0.717) is 0 Å². The normalized spacial score (nSPS) is 13.2. The maximum atomic E-state index is 13.0. The van der Waals surface area contributed by atoms with E-state index >= 15 is 0 Å². The second-order valence-corrected chi connectivity index (χ2v) is 3.06. The summed E-state index contributed by atoms with van der Waals surface area (Å²) in [6.07, 6.45) is -4.70. The van der Waals surface area contributed by atoms with Crippen LogP contribution in [0.5, 0.6) is 0 Å². The van der Waals surface area contributed by atoms with E-state index in [9.17, 15) is 17.6 Å². The van der Waals surface area contributed by atoms with Crippen LogP contribution in [0.4, 0.5) is 17.6 Å². The molecule has 0 aliphatic rings. The molecule has 0 unspecified atom stereocenters.